The largest absolute Gasteiger partial charge is 0.309 e. The molecule has 0 atom stereocenters. The normalized spacial score (nSPS) is 13.2. The summed E-state index contributed by atoms with van der Waals surface area (Å²) in [6, 6.07) is 51.2. The van der Waals surface area contributed by atoms with Crippen LogP contribution in [0.5, 0.6) is 0 Å². The van der Waals surface area contributed by atoms with E-state index in [0.717, 1.165) is 22.3 Å². The molecule has 2 aromatic heterocycles. The number of benzene rings is 6. The van der Waals surface area contributed by atoms with Crippen LogP contribution in [0.3, 0.4) is 0 Å². The maximum Gasteiger partial charge on any atom is 0.164 e. The lowest BCUT2D eigenvalue weighted by atomic mass is 9.75. The zero-order valence-corrected chi connectivity index (χ0v) is 25.6. The fourth-order valence-corrected chi connectivity index (χ4v) is 7.09. The fourth-order valence-electron chi connectivity index (χ4n) is 7.09. The van der Waals surface area contributed by atoms with Gasteiger partial charge in [-0.2, -0.15) is 0 Å². The lowest BCUT2D eigenvalue weighted by molar-refractivity contribution is 0.630. The summed E-state index contributed by atoms with van der Waals surface area (Å²) in [5.41, 5.74) is 11.6. The second-order valence-electron chi connectivity index (χ2n) is 12.5. The lowest BCUT2D eigenvalue weighted by Crippen LogP contribution is -2.26. The van der Waals surface area contributed by atoms with Gasteiger partial charge in [0.25, 0.3) is 0 Å². The van der Waals surface area contributed by atoms with Gasteiger partial charge in [-0.25, -0.2) is 15.0 Å². The molecule has 46 heavy (non-hydrogen) atoms. The third kappa shape index (κ3) is 4.04. The quantitative estimate of drug-likeness (QED) is 0.205. The summed E-state index contributed by atoms with van der Waals surface area (Å²) in [5.74, 6) is 1.98. The summed E-state index contributed by atoms with van der Waals surface area (Å²) in [4.78, 5) is 14.7. The van der Waals surface area contributed by atoms with Crippen LogP contribution in [0.15, 0.2) is 146 Å². The van der Waals surface area contributed by atoms with Crippen LogP contribution in [0.2, 0.25) is 0 Å². The second kappa shape index (κ2) is 10.1. The Labute approximate surface area is 267 Å². The molecule has 0 bridgehead atoms. The zero-order valence-electron chi connectivity index (χ0n) is 25.6. The summed E-state index contributed by atoms with van der Waals surface area (Å²) in [6.07, 6.45) is 0. The maximum absolute atomic E-state index is 4.91. The van der Waals surface area contributed by atoms with Crippen molar-refractivity contribution in [3.63, 3.8) is 0 Å². The van der Waals surface area contributed by atoms with E-state index >= 15 is 0 Å². The molecule has 6 aromatic carbocycles. The van der Waals surface area contributed by atoms with Crippen molar-refractivity contribution in [2.45, 2.75) is 19.3 Å². The molecule has 0 spiro atoms. The van der Waals surface area contributed by atoms with Crippen LogP contribution in [0.4, 0.5) is 0 Å². The molecule has 0 fully saturated rings. The minimum Gasteiger partial charge on any atom is -0.309 e. The predicted octanol–water partition coefficient (Wildman–Crippen LogP) is 10.3. The van der Waals surface area contributed by atoms with Crippen molar-refractivity contribution in [1.29, 1.82) is 0 Å². The van der Waals surface area contributed by atoms with Crippen molar-refractivity contribution in [3.05, 3.63) is 157 Å². The summed E-state index contributed by atoms with van der Waals surface area (Å²) < 4.78 is 2.47. The molecule has 0 unspecified atom stereocenters. The van der Waals surface area contributed by atoms with Crippen LogP contribution >= 0.6 is 0 Å². The Morgan fingerprint density at radius 1 is 0.435 bits per heavy atom. The molecular formula is C42H30N4. The van der Waals surface area contributed by atoms with Gasteiger partial charge in [-0.1, -0.05) is 147 Å². The Kier molecular flexibility index (Phi) is 5.81. The van der Waals surface area contributed by atoms with E-state index in [4.69, 9.17) is 15.0 Å². The van der Waals surface area contributed by atoms with E-state index < -0.39 is 0 Å². The molecule has 1 aliphatic heterocycles. The monoisotopic (exact) mass is 590 g/mol. The van der Waals surface area contributed by atoms with Gasteiger partial charge in [0.2, 0.25) is 0 Å². The number of nitrogens with zero attached hydrogens (tertiary/aromatic N) is 4. The Morgan fingerprint density at radius 3 is 1.61 bits per heavy atom. The van der Waals surface area contributed by atoms with Crippen LogP contribution in [-0.2, 0) is 5.41 Å². The van der Waals surface area contributed by atoms with Gasteiger partial charge in [0.05, 0.1) is 16.7 Å². The number of rotatable bonds is 4. The predicted molar refractivity (Wildman–Crippen MR) is 188 cm³/mol. The number of hydrogen-bond acceptors (Lipinski definition) is 3. The molecule has 4 heteroatoms. The average molecular weight is 591 g/mol. The van der Waals surface area contributed by atoms with Crippen molar-refractivity contribution < 1.29 is 0 Å². The van der Waals surface area contributed by atoms with E-state index in [1.54, 1.807) is 0 Å². The highest BCUT2D eigenvalue weighted by Crippen LogP contribution is 2.47. The molecule has 9 rings (SSSR count). The maximum atomic E-state index is 4.91. The molecule has 0 radical (unpaired) electrons. The van der Waals surface area contributed by atoms with Crippen molar-refractivity contribution in [2.24, 2.45) is 0 Å². The van der Waals surface area contributed by atoms with Gasteiger partial charge in [0.15, 0.2) is 17.5 Å². The minimum atomic E-state index is -0.0745. The van der Waals surface area contributed by atoms with Crippen molar-refractivity contribution in [3.8, 4) is 51.0 Å². The topological polar surface area (TPSA) is 43.6 Å². The first-order valence-corrected chi connectivity index (χ1v) is 15.7. The van der Waals surface area contributed by atoms with E-state index in [1.807, 2.05) is 60.7 Å². The summed E-state index contributed by atoms with van der Waals surface area (Å²) in [7, 11) is 0. The highest BCUT2D eigenvalue weighted by atomic mass is 15.0. The van der Waals surface area contributed by atoms with Crippen LogP contribution in [0.25, 0.3) is 72.8 Å². The lowest BCUT2D eigenvalue weighted by Gasteiger charge is -2.34. The van der Waals surface area contributed by atoms with E-state index in [0.29, 0.717) is 17.5 Å². The summed E-state index contributed by atoms with van der Waals surface area (Å²) in [6.45, 7) is 4.68. The first kappa shape index (κ1) is 26.5. The Morgan fingerprint density at radius 2 is 0.957 bits per heavy atom. The van der Waals surface area contributed by atoms with E-state index in [1.165, 1.54) is 44.2 Å². The zero-order chi connectivity index (χ0) is 30.8. The number of hydrogen-bond donors (Lipinski definition) is 0. The first-order chi connectivity index (χ1) is 22.6. The standard InChI is InChI=1S/C42H30N4/c1-42(2)34-17-9-10-19-36(34)46-37-26-31(24-25-32(37)33-16-11-18-35(42)38(33)46)27-20-22-30(23-21-27)41-44-39(28-12-5-3-6-13-28)43-40(45-41)29-14-7-4-8-15-29/h3-26H,1-2H3. The van der Waals surface area contributed by atoms with Gasteiger partial charge in [0.1, 0.15) is 0 Å². The molecule has 4 nitrogen and oxygen atoms in total. The average Bonchev–Trinajstić information content (AvgIpc) is 3.45. The highest BCUT2D eigenvalue weighted by Gasteiger charge is 2.34. The Balaban J connectivity index is 1.16. The Hall–Kier alpha value is -5.87. The molecule has 0 amide bonds. The van der Waals surface area contributed by atoms with Gasteiger partial charge in [-0.3, -0.25) is 0 Å². The summed E-state index contributed by atoms with van der Waals surface area (Å²) >= 11 is 0. The van der Waals surface area contributed by atoms with Gasteiger partial charge in [-0.15, -0.1) is 0 Å². The van der Waals surface area contributed by atoms with E-state index in [-0.39, 0.29) is 5.41 Å². The molecule has 0 N–H and O–H groups in total. The minimum absolute atomic E-state index is 0.0745. The Bertz CT molecular complexity index is 2360. The smallest absolute Gasteiger partial charge is 0.164 e. The number of fused-ring (bicyclic) bond motifs is 5. The number of para-hydroxylation sites is 2. The molecular weight excluding hydrogens is 560 g/mol. The van der Waals surface area contributed by atoms with Crippen molar-refractivity contribution in [1.82, 2.24) is 19.5 Å². The highest BCUT2D eigenvalue weighted by molar-refractivity contribution is 6.12. The van der Waals surface area contributed by atoms with Gasteiger partial charge in [0, 0.05) is 32.9 Å². The van der Waals surface area contributed by atoms with Crippen LogP contribution in [0, 0.1) is 0 Å². The molecule has 3 heterocycles. The SMILES string of the molecule is CC1(C)c2ccccc2-n2c3cc(-c4ccc(-c5nc(-c6ccccc6)nc(-c6ccccc6)n5)cc4)ccc3c3cccc1c32. The second-order valence-corrected chi connectivity index (χ2v) is 12.5. The van der Waals surface area contributed by atoms with Crippen LogP contribution in [0.1, 0.15) is 25.0 Å². The van der Waals surface area contributed by atoms with Gasteiger partial charge in [-0.05, 0) is 34.4 Å². The molecule has 0 saturated heterocycles. The first-order valence-electron chi connectivity index (χ1n) is 15.7. The van der Waals surface area contributed by atoms with Gasteiger partial charge >= 0.3 is 0 Å². The molecule has 8 aromatic rings. The van der Waals surface area contributed by atoms with Crippen molar-refractivity contribution >= 4 is 21.8 Å². The number of aromatic nitrogens is 4. The molecule has 1 aliphatic rings. The molecule has 0 aliphatic carbocycles. The van der Waals surface area contributed by atoms with Crippen LogP contribution < -0.4 is 0 Å². The van der Waals surface area contributed by atoms with Crippen molar-refractivity contribution in [2.75, 3.05) is 0 Å². The summed E-state index contributed by atoms with van der Waals surface area (Å²) in [5, 5.41) is 2.58. The van der Waals surface area contributed by atoms with Crippen LogP contribution in [-0.4, -0.2) is 19.5 Å². The van der Waals surface area contributed by atoms with E-state index in [9.17, 15) is 0 Å². The third-order valence-corrected chi connectivity index (χ3v) is 9.46. The third-order valence-electron chi connectivity index (χ3n) is 9.46. The van der Waals surface area contributed by atoms with E-state index in [2.05, 4.69) is 103 Å². The molecule has 218 valence electrons. The van der Waals surface area contributed by atoms with Gasteiger partial charge < -0.3 is 4.57 Å². The molecule has 0 saturated carbocycles. The fraction of sp³-hybridized carbons (Fsp3) is 0.0714.